The summed E-state index contributed by atoms with van der Waals surface area (Å²) in [7, 11) is 0. The van der Waals surface area contributed by atoms with Gasteiger partial charge in [-0.1, -0.05) is 12.1 Å². The van der Waals surface area contributed by atoms with Gasteiger partial charge in [0.1, 0.15) is 12.4 Å². The van der Waals surface area contributed by atoms with E-state index in [4.69, 9.17) is 10.5 Å². The summed E-state index contributed by atoms with van der Waals surface area (Å²) in [5, 5.41) is 2.95. The Hall–Kier alpha value is -1.71. The normalized spacial score (nSPS) is 27.7. The highest BCUT2D eigenvalue weighted by Gasteiger charge is 2.47. The SMILES string of the molecule is Nc1ccccc1OCCNC(=O)C1CC2CC2C1. The van der Waals surface area contributed by atoms with Gasteiger partial charge in [-0.15, -0.1) is 0 Å². The highest BCUT2D eigenvalue weighted by atomic mass is 16.5. The Balaban J connectivity index is 1.36. The lowest BCUT2D eigenvalue weighted by atomic mass is 10.0. The fourth-order valence-corrected chi connectivity index (χ4v) is 3.02. The smallest absolute Gasteiger partial charge is 0.223 e. The molecule has 1 aromatic carbocycles. The molecule has 0 heterocycles. The first-order valence-electron chi connectivity index (χ1n) is 6.99. The Bertz CT molecular complexity index is 465. The number of carbonyl (C=O) groups is 1. The molecule has 0 aromatic heterocycles. The standard InChI is InChI=1S/C15H20N2O2/c16-13-3-1-2-4-14(13)19-6-5-17-15(18)12-8-10-7-11(10)9-12/h1-4,10-12H,5-9,16H2,(H,17,18). The van der Waals surface area contributed by atoms with Gasteiger partial charge in [0, 0.05) is 5.92 Å². The van der Waals surface area contributed by atoms with Gasteiger partial charge < -0.3 is 15.8 Å². The van der Waals surface area contributed by atoms with E-state index in [1.54, 1.807) is 6.07 Å². The molecule has 0 radical (unpaired) electrons. The molecule has 2 saturated carbocycles. The average molecular weight is 260 g/mol. The van der Waals surface area contributed by atoms with Gasteiger partial charge in [-0.05, 0) is 43.2 Å². The van der Waals surface area contributed by atoms with Crippen molar-refractivity contribution in [3.8, 4) is 5.75 Å². The molecule has 2 unspecified atom stereocenters. The number of fused-ring (bicyclic) bond motifs is 1. The molecule has 1 amide bonds. The number of para-hydroxylation sites is 2. The summed E-state index contributed by atoms with van der Waals surface area (Å²) in [6.07, 6.45) is 3.52. The first-order chi connectivity index (χ1) is 9.24. The quantitative estimate of drug-likeness (QED) is 0.627. The van der Waals surface area contributed by atoms with Crippen LogP contribution in [0.4, 0.5) is 5.69 Å². The molecule has 2 fully saturated rings. The zero-order chi connectivity index (χ0) is 13.2. The second-order valence-corrected chi connectivity index (χ2v) is 5.60. The van der Waals surface area contributed by atoms with Gasteiger partial charge in [-0.3, -0.25) is 4.79 Å². The van der Waals surface area contributed by atoms with Crippen molar-refractivity contribution in [3.05, 3.63) is 24.3 Å². The molecule has 2 aliphatic rings. The molecule has 4 heteroatoms. The Kier molecular flexibility index (Phi) is 3.32. The van der Waals surface area contributed by atoms with Gasteiger partial charge in [0.25, 0.3) is 0 Å². The number of nitrogen functional groups attached to an aromatic ring is 1. The molecule has 0 spiro atoms. The third-order valence-electron chi connectivity index (χ3n) is 4.19. The second kappa shape index (κ2) is 5.11. The van der Waals surface area contributed by atoms with Crippen LogP contribution in [0, 0.1) is 17.8 Å². The number of ether oxygens (including phenoxy) is 1. The van der Waals surface area contributed by atoms with E-state index in [9.17, 15) is 4.79 Å². The minimum Gasteiger partial charge on any atom is -0.490 e. The van der Waals surface area contributed by atoms with E-state index in [0.717, 1.165) is 24.7 Å². The molecule has 19 heavy (non-hydrogen) atoms. The van der Waals surface area contributed by atoms with Crippen molar-refractivity contribution in [3.63, 3.8) is 0 Å². The van der Waals surface area contributed by atoms with Crippen LogP contribution >= 0.6 is 0 Å². The van der Waals surface area contributed by atoms with Gasteiger partial charge in [-0.25, -0.2) is 0 Å². The average Bonchev–Trinajstić information content (AvgIpc) is 3.03. The van der Waals surface area contributed by atoms with Gasteiger partial charge in [0.05, 0.1) is 12.2 Å². The van der Waals surface area contributed by atoms with E-state index < -0.39 is 0 Å². The zero-order valence-electron chi connectivity index (χ0n) is 11.0. The van der Waals surface area contributed by atoms with E-state index >= 15 is 0 Å². The lowest BCUT2D eigenvalue weighted by molar-refractivity contribution is -0.125. The van der Waals surface area contributed by atoms with E-state index in [1.165, 1.54) is 6.42 Å². The van der Waals surface area contributed by atoms with Crippen molar-refractivity contribution in [1.29, 1.82) is 0 Å². The fraction of sp³-hybridized carbons (Fsp3) is 0.533. The molecule has 1 aromatic rings. The third-order valence-corrected chi connectivity index (χ3v) is 4.19. The predicted molar refractivity (Wildman–Crippen MR) is 73.7 cm³/mol. The van der Waals surface area contributed by atoms with E-state index in [0.29, 0.717) is 24.6 Å². The number of anilines is 1. The van der Waals surface area contributed by atoms with Crippen LogP contribution < -0.4 is 15.8 Å². The second-order valence-electron chi connectivity index (χ2n) is 5.60. The number of nitrogens with one attached hydrogen (secondary N) is 1. The maximum Gasteiger partial charge on any atom is 0.223 e. The summed E-state index contributed by atoms with van der Waals surface area (Å²) in [4.78, 5) is 11.9. The molecule has 0 bridgehead atoms. The largest absolute Gasteiger partial charge is 0.490 e. The molecule has 0 saturated heterocycles. The first kappa shape index (κ1) is 12.3. The number of hydrogen-bond acceptors (Lipinski definition) is 3. The van der Waals surface area contributed by atoms with Crippen LogP contribution in [0.1, 0.15) is 19.3 Å². The number of hydrogen-bond donors (Lipinski definition) is 2. The van der Waals surface area contributed by atoms with Crippen LogP contribution in [0.5, 0.6) is 5.75 Å². The summed E-state index contributed by atoms with van der Waals surface area (Å²) in [6, 6.07) is 7.39. The fourth-order valence-electron chi connectivity index (χ4n) is 3.02. The van der Waals surface area contributed by atoms with Crippen LogP contribution in [-0.4, -0.2) is 19.1 Å². The molecule has 3 rings (SSSR count). The van der Waals surface area contributed by atoms with E-state index in [-0.39, 0.29) is 11.8 Å². The molecule has 3 N–H and O–H groups in total. The Morgan fingerprint density at radius 2 is 2.00 bits per heavy atom. The highest BCUT2D eigenvalue weighted by Crippen LogP contribution is 2.54. The lowest BCUT2D eigenvalue weighted by Crippen LogP contribution is -2.33. The predicted octanol–water partition coefficient (Wildman–Crippen LogP) is 1.81. The summed E-state index contributed by atoms with van der Waals surface area (Å²) in [6.45, 7) is 0.999. The van der Waals surface area contributed by atoms with Crippen molar-refractivity contribution in [2.24, 2.45) is 17.8 Å². The maximum absolute atomic E-state index is 11.9. The number of nitrogens with two attached hydrogens (primary N) is 1. The van der Waals surface area contributed by atoms with Crippen molar-refractivity contribution < 1.29 is 9.53 Å². The molecule has 2 aliphatic carbocycles. The summed E-state index contributed by atoms with van der Waals surface area (Å²) in [5.41, 5.74) is 6.40. The summed E-state index contributed by atoms with van der Waals surface area (Å²) in [5.74, 6) is 2.80. The molecule has 2 atom stereocenters. The number of rotatable bonds is 5. The van der Waals surface area contributed by atoms with Gasteiger partial charge in [-0.2, -0.15) is 0 Å². The first-order valence-corrected chi connectivity index (χ1v) is 6.99. The number of benzene rings is 1. The van der Waals surface area contributed by atoms with Crippen LogP contribution in [0.3, 0.4) is 0 Å². The van der Waals surface area contributed by atoms with E-state index in [2.05, 4.69) is 5.32 Å². The topological polar surface area (TPSA) is 64.3 Å². The van der Waals surface area contributed by atoms with Crippen LogP contribution in [0.15, 0.2) is 24.3 Å². The molecule has 102 valence electrons. The maximum atomic E-state index is 11.9. The third kappa shape index (κ3) is 2.83. The van der Waals surface area contributed by atoms with Crippen molar-refractivity contribution in [1.82, 2.24) is 5.32 Å². The summed E-state index contributed by atoms with van der Waals surface area (Å²) < 4.78 is 5.54. The van der Waals surface area contributed by atoms with Crippen LogP contribution in [0.2, 0.25) is 0 Å². The minimum absolute atomic E-state index is 0.192. The van der Waals surface area contributed by atoms with Crippen molar-refractivity contribution in [2.45, 2.75) is 19.3 Å². The number of carbonyl (C=O) groups excluding carboxylic acids is 1. The number of amides is 1. The Morgan fingerprint density at radius 3 is 2.74 bits per heavy atom. The molecule has 0 aliphatic heterocycles. The Morgan fingerprint density at radius 1 is 1.26 bits per heavy atom. The lowest BCUT2D eigenvalue weighted by Gasteiger charge is -2.13. The molecular formula is C15H20N2O2. The van der Waals surface area contributed by atoms with Gasteiger partial charge >= 0.3 is 0 Å². The highest BCUT2D eigenvalue weighted by molar-refractivity contribution is 5.79. The zero-order valence-corrected chi connectivity index (χ0v) is 11.0. The van der Waals surface area contributed by atoms with Crippen molar-refractivity contribution in [2.75, 3.05) is 18.9 Å². The minimum atomic E-state index is 0.192. The van der Waals surface area contributed by atoms with Crippen LogP contribution in [-0.2, 0) is 4.79 Å². The molecular weight excluding hydrogens is 240 g/mol. The Labute approximate surface area is 113 Å². The van der Waals surface area contributed by atoms with Gasteiger partial charge in [0.2, 0.25) is 5.91 Å². The molecule has 4 nitrogen and oxygen atoms in total. The van der Waals surface area contributed by atoms with Crippen LogP contribution in [0.25, 0.3) is 0 Å². The van der Waals surface area contributed by atoms with Crippen molar-refractivity contribution >= 4 is 11.6 Å². The monoisotopic (exact) mass is 260 g/mol. The van der Waals surface area contributed by atoms with Gasteiger partial charge in [0.15, 0.2) is 0 Å². The summed E-state index contributed by atoms with van der Waals surface area (Å²) >= 11 is 0. The van der Waals surface area contributed by atoms with E-state index in [1.807, 2.05) is 18.2 Å².